The Labute approximate surface area is 164 Å². The SMILES string of the molecule is COC(=O)C1=C(C(=O)OC)N(c2ccc(-n3cc(Br)cn3)cc2)C=CC=C1. The van der Waals surface area contributed by atoms with Crippen molar-refractivity contribution in [1.82, 2.24) is 9.78 Å². The van der Waals surface area contributed by atoms with E-state index in [4.69, 9.17) is 9.47 Å². The smallest absolute Gasteiger partial charge is 0.355 e. The predicted molar refractivity (Wildman–Crippen MR) is 103 cm³/mol. The van der Waals surface area contributed by atoms with Gasteiger partial charge < -0.3 is 14.4 Å². The molecule has 0 bridgehead atoms. The van der Waals surface area contributed by atoms with E-state index in [-0.39, 0.29) is 11.3 Å². The van der Waals surface area contributed by atoms with Crippen LogP contribution in [-0.2, 0) is 19.1 Å². The average Bonchev–Trinajstić information content (AvgIpc) is 3.01. The summed E-state index contributed by atoms with van der Waals surface area (Å²) in [4.78, 5) is 26.2. The molecule has 3 rings (SSSR count). The van der Waals surface area contributed by atoms with Gasteiger partial charge in [0.05, 0.1) is 36.1 Å². The van der Waals surface area contributed by atoms with Crippen LogP contribution in [0.1, 0.15) is 0 Å². The molecular weight excluding hydrogens is 414 g/mol. The van der Waals surface area contributed by atoms with E-state index in [0.29, 0.717) is 5.69 Å². The molecule has 0 unspecified atom stereocenters. The fourth-order valence-electron chi connectivity index (χ4n) is 2.57. The summed E-state index contributed by atoms with van der Waals surface area (Å²) >= 11 is 3.36. The van der Waals surface area contributed by atoms with E-state index in [1.54, 1.807) is 34.1 Å². The molecule has 1 aromatic heterocycles. The molecule has 0 saturated heterocycles. The van der Waals surface area contributed by atoms with Crippen LogP contribution in [0.3, 0.4) is 0 Å². The van der Waals surface area contributed by atoms with E-state index in [9.17, 15) is 9.59 Å². The zero-order chi connectivity index (χ0) is 19.4. The van der Waals surface area contributed by atoms with Crippen molar-refractivity contribution in [3.8, 4) is 5.69 Å². The van der Waals surface area contributed by atoms with E-state index < -0.39 is 11.9 Å². The largest absolute Gasteiger partial charge is 0.465 e. The molecule has 7 nitrogen and oxygen atoms in total. The molecule has 0 amide bonds. The van der Waals surface area contributed by atoms with Gasteiger partial charge >= 0.3 is 11.9 Å². The molecule has 138 valence electrons. The summed E-state index contributed by atoms with van der Waals surface area (Å²) in [5.74, 6) is -1.27. The highest BCUT2D eigenvalue weighted by Crippen LogP contribution is 2.27. The Hall–Kier alpha value is -3.13. The number of halogens is 1. The van der Waals surface area contributed by atoms with Crippen molar-refractivity contribution < 1.29 is 19.1 Å². The number of carbonyl (C=O) groups excluding carboxylic acids is 2. The van der Waals surface area contributed by atoms with Crippen LogP contribution in [0.15, 0.2) is 76.8 Å². The Morgan fingerprint density at radius 1 is 1.00 bits per heavy atom. The highest BCUT2D eigenvalue weighted by atomic mass is 79.9. The number of allylic oxidation sites excluding steroid dienone is 2. The fourth-order valence-corrected chi connectivity index (χ4v) is 2.86. The first-order valence-corrected chi connectivity index (χ1v) is 8.70. The van der Waals surface area contributed by atoms with Crippen molar-refractivity contribution in [2.75, 3.05) is 19.1 Å². The number of carbonyl (C=O) groups is 2. The van der Waals surface area contributed by atoms with E-state index in [0.717, 1.165) is 10.2 Å². The zero-order valence-electron chi connectivity index (χ0n) is 14.6. The first-order valence-electron chi connectivity index (χ1n) is 7.90. The molecular formula is C19H16BrN3O4. The molecule has 0 N–H and O–H groups in total. The van der Waals surface area contributed by atoms with Gasteiger partial charge in [0.15, 0.2) is 0 Å². The zero-order valence-corrected chi connectivity index (χ0v) is 16.2. The third kappa shape index (κ3) is 3.85. The molecule has 0 spiro atoms. The van der Waals surface area contributed by atoms with Gasteiger partial charge in [0.25, 0.3) is 0 Å². The second kappa shape index (κ2) is 8.05. The number of esters is 2. The van der Waals surface area contributed by atoms with Crippen LogP contribution >= 0.6 is 15.9 Å². The molecule has 2 heterocycles. The highest BCUT2D eigenvalue weighted by molar-refractivity contribution is 9.10. The standard InChI is InChI=1S/C19H16BrN3O4/c1-26-18(24)16-5-3-4-10-22(17(16)19(25)27-2)14-6-8-15(9-7-14)23-12-13(20)11-21-23/h3-12H,1-2H3. The number of rotatable bonds is 4. The summed E-state index contributed by atoms with van der Waals surface area (Å²) in [6.45, 7) is 0. The topological polar surface area (TPSA) is 73.7 Å². The van der Waals surface area contributed by atoms with Crippen molar-refractivity contribution in [2.24, 2.45) is 0 Å². The lowest BCUT2D eigenvalue weighted by molar-refractivity contribution is -0.139. The maximum Gasteiger partial charge on any atom is 0.355 e. The van der Waals surface area contributed by atoms with Crippen molar-refractivity contribution in [1.29, 1.82) is 0 Å². The number of anilines is 1. The van der Waals surface area contributed by atoms with Crippen molar-refractivity contribution in [3.05, 3.63) is 76.8 Å². The van der Waals surface area contributed by atoms with Crippen molar-refractivity contribution in [2.45, 2.75) is 0 Å². The summed E-state index contributed by atoms with van der Waals surface area (Å²) in [5.41, 5.74) is 1.70. The fraction of sp³-hybridized carbons (Fsp3) is 0.105. The molecule has 1 aliphatic rings. The predicted octanol–water partition coefficient (Wildman–Crippen LogP) is 3.12. The minimum absolute atomic E-state index is 0.0731. The van der Waals surface area contributed by atoms with Gasteiger partial charge in [0, 0.05) is 18.1 Å². The number of nitrogens with zero attached hydrogens (tertiary/aromatic N) is 3. The average molecular weight is 430 g/mol. The lowest BCUT2D eigenvalue weighted by atomic mass is 10.1. The summed E-state index contributed by atoms with van der Waals surface area (Å²) in [7, 11) is 2.52. The second-order valence-corrected chi connectivity index (χ2v) is 6.35. The minimum atomic E-state index is -0.647. The Morgan fingerprint density at radius 3 is 2.26 bits per heavy atom. The Bertz CT molecular complexity index is 958. The Kier molecular flexibility index (Phi) is 5.56. The van der Waals surface area contributed by atoms with Gasteiger partial charge in [-0.3, -0.25) is 0 Å². The van der Waals surface area contributed by atoms with Gasteiger partial charge in [0.1, 0.15) is 5.70 Å². The molecule has 0 fully saturated rings. The Morgan fingerprint density at radius 2 is 1.67 bits per heavy atom. The van der Waals surface area contributed by atoms with Gasteiger partial charge in [-0.25, -0.2) is 14.3 Å². The van der Waals surface area contributed by atoms with Gasteiger partial charge in [-0.2, -0.15) is 5.10 Å². The lowest BCUT2D eigenvalue weighted by Crippen LogP contribution is -2.26. The van der Waals surface area contributed by atoms with Crippen LogP contribution in [0.4, 0.5) is 5.69 Å². The molecule has 2 aromatic rings. The van der Waals surface area contributed by atoms with Crippen LogP contribution in [-0.4, -0.2) is 35.9 Å². The normalized spacial score (nSPS) is 13.5. The van der Waals surface area contributed by atoms with E-state index in [2.05, 4.69) is 21.0 Å². The Balaban J connectivity index is 2.04. The molecule has 0 atom stereocenters. The summed E-state index contributed by atoms with van der Waals surface area (Å²) < 4.78 is 12.3. The maximum atomic E-state index is 12.4. The van der Waals surface area contributed by atoms with Gasteiger partial charge in [-0.15, -0.1) is 0 Å². The van der Waals surface area contributed by atoms with Crippen LogP contribution in [0, 0.1) is 0 Å². The van der Waals surface area contributed by atoms with Gasteiger partial charge in [0.2, 0.25) is 0 Å². The highest BCUT2D eigenvalue weighted by Gasteiger charge is 2.27. The van der Waals surface area contributed by atoms with Crippen LogP contribution in [0.25, 0.3) is 5.69 Å². The maximum absolute atomic E-state index is 12.4. The number of aromatic nitrogens is 2. The van der Waals surface area contributed by atoms with Crippen LogP contribution < -0.4 is 4.90 Å². The molecule has 1 aromatic carbocycles. The quantitative estimate of drug-likeness (QED) is 0.695. The first kappa shape index (κ1) is 18.7. The molecule has 0 aliphatic carbocycles. The van der Waals surface area contributed by atoms with Gasteiger partial charge in [-0.1, -0.05) is 6.08 Å². The van der Waals surface area contributed by atoms with Crippen molar-refractivity contribution in [3.63, 3.8) is 0 Å². The second-order valence-electron chi connectivity index (χ2n) is 5.44. The lowest BCUT2D eigenvalue weighted by Gasteiger charge is -2.23. The van der Waals surface area contributed by atoms with Crippen molar-refractivity contribution >= 4 is 33.6 Å². The number of hydrogen-bond acceptors (Lipinski definition) is 6. The summed E-state index contributed by atoms with van der Waals surface area (Å²) in [5, 5.41) is 4.23. The monoisotopic (exact) mass is 429 g/mol. The molecule has 1 aliphatic heterocycles. The van der Waals surface area contributed by atoms with E-state index >= 15 is 0 Å². The van der Waals surface area contributed by atoms with Gasteiger partial charge in [-0.05, 0) is 52.3 Å². The third-order valence-corrected chi connectivity index (χ3v) is 4.24. The minimum Gasteiger partial charge on any atom is -0.465 e. The number of benzene rings is 1. The number of methoxy groups -OCH3 is 2. The summed E-state index contributed by atoms with van der Waals surface area (Å²) in [6, 6.07) is 7.35. The van der Waals surface area contributed by atoms with Crippen LogP contribution in [0.2, 0.25) is 0 Å². The molecule has 27 heavy (non-hydrogen) atoms. The first-order chi connectivity index (χ1) is 13.0. The summed E-state index contributed by atoms with van der Waals surface area (Å²) in [6.07, 6.45) is 10.1. The molecule has 0 radical (unpaired) electrons. The molecule has 0 saturated carbocycles. The number of ether oxygens (including phenoxy) is 2. The van der Waals surface area contributed by atoms with E-state index in [1.165, 1.54) is 20.3 Å². The number of hydrogen-bond donors (Lipinski definition) is 0. The molecule has 8 heteroatoms. The third-order valence-electron chi connectivity index (χ3n) is 3.83. The van der Waals surface area contributed by atoms with Crippen LogP contribution in [0.5, 0.6) is 0 Å². The van der Waals surface area contributed by atoms with E-state index in [1.807, 2.05) is 30.5 Å².